The van der Waals surface area contributed by atoms with E-state index in [0.717, 1.165) is 30.3 Å². The Balaban J connectivity index is 1.58. The smallest absolute Gasteiger partial charge is 0.307 e. The Kier molecular flexibility index (Phi) is 2.54. The summed E-state index contributed by atoms with van der Waals surface area (Å²) in [4.78, 5) is 10.8. The first kappa shape index (κ1) is 10.6. The van der Waals surface area contributed by atoms with Crippen molar-refractivity contribution in [3.8, 4) is 5.75 Å². The summed E-state index contributed by atoms with van der Waals surface area (Å²) >= 11 is 0. The molecule has 0 aliphatic heterocycles. The van der Waals surface area contributed by atoms with E-state index in [1.54, 1.807) is 0 Å². The Morgan fingerprint density at radius 1 is 1.29 bits per heavy atom. The van der Waals surface area contributed by atoms with Crippen LogP contribution in [0.1, 0.15) is 30.7 Å². The van der Waals surface area contributed by atoms with Crippen molar-refractivity contribution >= 4 is 5.97 Å². The molecule has 2 unspecified atom stereocenters. The Morgan fingerprint density at radius 2 is 2.00 bits per heavy atom. The molecule has 1 aromatic rings. The third-order valence-electron chi connectivity index (χ3n) is 3.60. The number of benzene rings is 1. The Hall–Kier alpha value is -1.51. The highest BCUT2D eigenvalue weighted by molar-refractivity contribution is 5.75. The van der Waals surface area contributed by atoms with E-state index >= 15 is 0 Å². The SMILES string of the molecule is O=C(O)C1CC1c1ccc(OCC2CC2)cc1. The van der Waals surface area contributed by atoms with Gasteiger partial charge in [-0.05, 0) is 48.8 Å². The van der Waals surface area contributed by atoms with Gasteiger partial charge in [-0.25, -0.2) is 0 Å². The van der Waals surface area contributed by atoms with Crippen molar-refractivity contribution in [2.75, 3.05) is 6.61 Å². The normalized spacial score (nSPS) is 26.6. The van der Waals surface area contributed by atoms with Crippen LogP contribution in [-0.2, 0) is 4.79 Å². The molecular weight excluding hydrogens is 216 g/mol. The molecule has 1 N–H and O–H groups in total. The highest BCUT2D eigenvalue weighted by Gasteiger charge is 2.44. The summed E-state index contributed by atoms with van der Waals surface area (Å²) < 4.78 is 5.64. The highest BCUT2D eigenvalue weighted by atomic mass is 16.5. The maximum atomic E-state index is 10.8. The Bertz CT molecular complexity index is 420. The van der Waals surface area contributed by atoms with E-state index in [1.807, 2.05) is 24.3 Å². The van der Waals surface area contributed by atoms with Crippen molar-refractivity contribution in [2.24, 2.45) is 11.8 Å². The van der Waals surface area contributed by atoms with E-state index in [4.69, 9.17) is 9.84 Å². The van der Waals surface area contributed by atoms with E-state index in [-0.39, 0.29) is 11.8 Å². The molecule has 0 aromatic heterocycles. The number of aliphatic carboxylic acids is 1. The van der Waals surface area contributed by atoms with Crippen LogP contribution < -0.4 is 4.74 Å². The number of carboxylic acid groups (broad SMARTS) is 1. The summed E-state index contributed by atoms with van der Waals surface area (Å²) in [5.41, 5.74) is 1.12. The lowest BCUT2D eigenvalue weighted by molar-refractivity contribution is -0.138. The van der Waals surface area contributed by atoms with Crippen LogP contribution >= 0.6 is 0 Å². The van der Waals surface area contributed by atoms with Gasteiger partial charge >= 0.3 is 5.97 Å². The van der Waals surface area contributed by atoms with E-state index in [9.17, 15) is 4.79 Å². The second kappa shape index (κ2) is 4.06. The van der Waals surface area contributed by atoms with E-state index < -0.39 is 5.97 Å². The molecule has 0 spiro atoms. The fraction of sp³-hybridized carbons (Fsp3) is 0.500. The molecule has 2 aliphatic carbocycles. The molecule has 2 saturated carbocycles. The first-order chi connectivity index (χ1) is 8.24. The van der Waals surface area contributed by atoms with Crippen LogP contribution in [0, 0.1) is 11.8 Å². The van der Waals surface area contributed by atoms with Crippen LogP contribution in [0.5, 0.6) is 5.75 Å². The number of hydrogen-bond donors (Lipinski definition) is 1. The molecule has 0 amide bonds. The first-order valence-electron chi connectivity index (χ1n) is 6.19. The average molecular weight is 232 g/mol. The quantitative estimate of drug-likeness (QED) is 0.849. The number of hydrogen-bond acceptors (Lipinski definition) is 2. The maximum Gasteiger partial charge on any atom is 0.307 e. The second-order valence-electron chi connectivity index (χ2n) is 5.11. The largest absolute Gasteiger partial charge is 0.493 e. The topological polar surface area (TPSA) is 46.5 Å². The van der Waals surface area contributed by atoms with Gasteiger partial charge in [0, 0.05) is 0 Å². The van der Waals surface area contributed by atoms with Gasteiger partial charge in [-0.2, -0.15) is 0 Å². The average Bonchev–Trinajstić information content (AvgIpc) is 3.19. The zero-order chi connectivity index (χ0) is 11.8. The van der Waals surface area contributed by atoms with Crippen molar-refractivity contribution in [3.63, 3.8) is 0 Å². The molecule has 3 nitrogen and oxygen atoms in total. The lowest BCUT2D eigenvalue weighted by Crippen LogP contribution is -2.00. The third-order valence-corrected chi connectivity index (χ3v) is 3.60. The van der Waals surface area contributed by atoms with E-state index in [2.05, 4.69) is 0 Å². The van der Waals surface area contributed by atoms with Crippen LogP contribution in [0.3, 0.4) is 0 Å². The van der Waals surface area contributed by atoms with Crippen molar-refractivity contribution in [1.82, 2.24) is 0 Å². The minimum absolute atomic E-state index is 0.173. The first-order valence-corrected chi connectivity index (χ1v) is 6.19. The fourth-order valence-corrected chi connectivity index (χ4v) is 2.15. The summed E-state index contributed by atoms with van der Waals surface area (Å²) in [6.07, 6.45) is 3.36. The molecule has 0 bridgehead atoms. The molecule has 0 radical (unpaired) electrons. The van der Waals surface area contributed by atoms with Gasteiger partial charge < -0.3 is 9.84 Å². The summed E-state index contributed by atoms with van der Waals surface area (Å²) in [6, 6.07) is 7.90. The van der Waals surface area contributed by atoms with E-state index in [1.165, 1.54) is 12.8 Å². The van der Waals surface area contributed by atoms with Crippen molar-refractivity contribution in [2.45, 2.75) is 25.2 Å². The molecule has 0 heterocycles. The molecule has 0 saturated heterocycles. The van der Waals surface area contributed by atoms with Gasteiger partial charge in [0.05, 0.1) is 12.5 Å². The maximum absolute atomic E-state index is 10.8. The Morgan fingerprint density at radius 3 is 2.53 bits per heavy atom. The lowest BCUT2D eigenvalue weighted by atomic mass is 10.1. The predicted molar refractivity (Wildman–Crippen MR) is 63.1 cm³/mol. The summed E-state index contributed by atoms with van der Waals surface area (Å²) in [6.45, 7) is 0.820. The van der Waals surface area contributed by atoms with Crippen molar-refractivity contribution in [1.29, 1.82) is 0 Å². The number of ether oxygens (including phenoxy) is 1. The van der Waals surface area contributed by atoms with Crippen LogP contribution in [0.25, 0.3) is 0 Å². The minimum atomic E-state index is -0.677. The molecule has 2 aliphatic rings. The van der Waals surface area contributed by atoms with Gasteiger partial charge in [0.2, 0.25) is 0 Å². The van der Waals surface area contributed by atoms with Crippen LogP contribution in [-0.4, -0.2) is 17.7 Å². The van der Waals surface area contributed by atoms with Crippen molar-refractivity contribution < 1.29 is 14.6 Å². The number of carbonyl (C=O) groups is 1. The van der Waals surface area contributed by atoms with Crippen LogP contribution in [0.15, 0.2) is 24.3 Å². The molecule has 90 valence electrons. The van der Waals surface area contributed by atoms with Gasteiger partial charge in [0.15, 0.2) is 0 Å². The molecular formula is C14H16O3. The van der Waals surface area contributed by atoms with Crippen molar-refractivity contribution in [3.05, 3.63) is 29.8 Å². The lowest BCUT2D eigenvalue weighted by Gasteiger charge is -2.06. The molecule has 3 heteroatoms. The minimum Gasteiger partial charge on any atom is -0.493 e. The Labute approximate surface area is 100 Å². The second-order valence-corrected chi connectivity index (χ2v) is 5.11. The number of rotatable bonds is 5. The summed E-state index contributed by atoms with van der Waals surface area (Å²) in [7, 11) is 0. The third kappa shape index (κ3) is 2.43. The van der Waals surface area contributed by atoms with Gasteiger partial charge in [0.1, 0.15) is 5.75 Å². The molecule has 17 heavy (non-hydrogen) atoms. The molecule has 2 atom stereocenters. The van der Waals surface area contributed by atoms with E-state index in [0.29, 0.717) is 0 Å². The van der Waals surface area contributed by atoms with Crippen LogP contribution in [0.4, 0.5) is 0 Å². The molecule has 2 fully saturated rings. The van der Waals surface area contributed by atoms with Gasteiger partial charge in [-0.1, -0.05) is 12.1 Å². The number of carboxylic acids is 1. The van der Waals surface area contributed by atoms with Gasteiger partial charge in [0.25, 0.3) is 0 Å². The monoisotopic (exact) mass is 232 g/mol. The predicted octanol–water partition coefficient (Wildman–Crippen LogP) is 2.66. The van der Waals surface area contributed by atoms with Gasteiger partial charge in [-0.3, -0.25) is 4.79 Å². The van der Waals surface area contributed by atoms with Gasteiger partial charge in [-0.15, -0.1) is 0 Å². The highest BCUT2D eigenvalue weighted by Crippen LogP contribution is 2.47. The zero-order valence-electron chi connectivity index (χ0n) is 9.63. The standard InChI is InChI=1S/C14H16O3/c15-14(16)13-7-12(13)10-3-5-11(6-4-10)17-8-9-1-2-9/h3-6,9,12-13H,1-2,7-8H2,(H,15,16). The molecule has 1 aromatic carbocycles. The summed E-state index contributed by atoms with van der Waals surface area (Å²) in [5, 5.41) is 8.87. The molecule has 3 rings (SSSR count). The zero-order valence-corrected chi connectivity index (χ0v) is 9.63. The summed E-state index contributed by atoms with van der Waals surface area (Å²) in [5.74, 6) is 1.02. The fourth-order valence-electron chi connectivity index (χ4n) is 2.15. The van der Waals surface area contributed by atoms with Crippen LogP contribution in [0.2, 0.25) is 0 Å².